The first-order valence-corrected chi connectivity index (χ1v) is 42.9. The van der Waals surface area contributed by atoms with Gasteiger partial charge in [0.15, 0.2) is 42.4 Å². The number of carbonyl (C=O) groups is 10. The number of nitrogens with zero attached hydrogens (tertiary/aromatic N) is 5. The summed E-state index contributed by atoms with van der Waals surface area (Å²) >= 11 is 1.38. The van der Waals surface area contributed by atoms with Crippen LogP contribution in [0.2, 0.25) is 0 Å². The molecule has 122 heavy (non-hydrogen) atoms. The van der Waals surface area contributed by atoms with Gasteiger partial charge in [0.1, 0.15) is 36.9 Å². The highest BCUT2D eigenvalue weighted by Gasteiger charge is 2.41. The van der Waals surface area contributed by atoms with Crippen LogP contribution >= 0.6 is 11.8 Å². The molecule has 0 spiro atoms. The number of fused-ring (bicyclic) bond motifs is 3. The van der Waals surface area contributed by atoms with E-state index in [4.69, 9.17) is 101 Å². The maximum atomic E-state index is 12.8. The van der Waals surface area contributed by atoms with Crippen molar-refractivity contribution in [1.82, 2.24) is 35.8 Å². The summed E-state index contributed by atoms with van der Waals surface area (Å²) in [7, 11) is 5.70. The number of carboxylic acid groups (broad SMARTS) is 1. The molecular formula is C83H130N8O30S. The average molecular weight is 1750 g/mol. The van der Waals surface area contributed by atoms with Crippen molar-refractivity contribution in [2.75, 3.05) is 144 Å². The highest BCUT2D eigenvalue weighted by atomic mass is 32.2. The Kier molecular flexibility index (Phi) is 53.9. The first-order valence-electron chi connectivity index (χ1n) is 41.8. The lowest BCUT2D eigenvalue weighted by molar-refractivity contribution is -0.194. The van der Waals surface area contributed by atoms with Gasteiger partial charge in [0.2, 0.25) is 29.3 Å². The number of aromatic nitrogens is 3. The minimum atomic E-state index is -0.945. The van der Waals surface area contributed by atoms with Gasteiger partial charge in [0.25, 0.3) is 0 Å². The van der Waals surface area contributed by atoms with Crippen LogP contribution in [-0.4, -0.2) is 304 Å². The number of rotatable bonds is 55. The number of nitrogens with one attached hydrogen (secondary N) is 3. The quantitative estimate of drug-likeness (QED) is 0.00776. The predicted molar refractivity (Wildman–Crippen MR) is 445 cm³/mol. The number of methoxy groups -OCH3 is 4. The lowest BCUT2D eigenvalue weighted by Crippen LogP contribution is -2.37. The second-order valence-electron chi connectivity index (χ2n) is 28.5. The number of morpholine rings is 1. The first-order chi connectivity index (χ1) is 58.9. The van der Waals surface area contributed by atoms with E-state index in [1.54, 1.807) is 24.4 Å². The Morgan fingerprint density at radius 2 is 1.10 bits per heavy atom. The van der Waals surface area contributed by atoms with Crippen LogP contribution in [0.3, 0.4) is 0 Å². The van der Waals surface area contributed by atoms with E-state index >= 15 is 0 Å². The van der Waals surface area contributed by atoms with Gasteiger partial charge in [-0.05, 0) is 114 Å². The maximum Gasteiger partial charge on any atom is 0.412 e. The fraction of sp³-hybridized carbons (Fsp3) is 0.699. The average Bonchev–Trinajstić information content (AvgIpc) is 1.59. The van der Waals surface area contributed by atoms with Gasteiger partial charge in [-0.15, -0.1) is 11.8 Å². The van der Waals surface area contributed by atoms with Gasteiger partial charge in [-0.1, -0.05) is 46.8 Å². The monoisotopic (exact) mass is 1750 g/mol. The molecule has 2 saturated heterocycles. The number of furan rings is 1. The molecule has 2 aliphatic heterocycles. The van der Waals surface area contributed by atoms with Crippen molar-refractivity contribution in [3.63, 3.8) is 0 Å². The second kappa shape index (κ2) is 61.9. The number of benzene rings is 1. The number of carbonyl (C=O) groups excluding carboxylic acids is 9. The second-order valence-corrected chi connectivity index (χ2v) is 29.9. The van der Waals surface area contributed by atoms with Gasteiger partial charge in [-0.3, -0.25) is 48.1 Å². The molecule has 0 radical (unpaired) electrons. The van der Waals surface area contributed by atoms with Crippen molar-refractivity contribution in [2.24, 2.45) is 11.8 Å². The zero-order valence-electron chi connectivity index (χ0n) is 71.9. The normalized spacial score (nSPS) is 17.1. The van der Waals surface area contributed by atoms with E-state index in [0.29, 0.717) is 162 Å². The summed E-state index contributed by atoms with van der Waals surface area (Å²) in [4.78, 5) is 137. The number of unbranched alkanes of at least 4 members (excludes halogenated alkanes) is 1. The molecule has 9 atom stereocenters. The van der Waals surface area contributed by atoms with Crippen molar-refractivity contribution in [3.05, 3.63) is 42.6 Å². The van der Waals surface area contributed by atoms with Crippen LogP contribution in [0.15, 0.2) is 47.0 Å². The fourth-order valence-electron chi connectivity index (χ4n) is 12.3. The number of aliphatic carboxylic acids is 1. The molecule has 3 fully saturated rings. The highest BCUT2D eigenvalue weighted by molar-refractivity contribution is 8.00. The number of aliphatic hydroxyl groups excluding tert-OH is 5. The molecule has 688 valence electrons. The van der Waals surface area contributed by atoms with E-state index in [1.165, 1.54) is 45.1 Å². The Morgan fingerprint density at radius 3 is 1.61 bits per heavy atom. The van der Waals surface area contributed by atoms with E-state index in [1.807, 2.05) is 52.8 Å². The standard InChI is InChI=1S/C36H46N6O10.C28H46N2O9S.C12H22O7.C7H16O4/c1-3-25(22-43)50-30(47-2)23-49-29(45)13-7-12-28(44)37-14-4-5-15-39-36(46)51-26-10-6-9-24(21-26)33-40-31-27-11-8-16-38-35(27)52-32(31)34(41-33)42-17-19-48-20-18-42;1-4-21(39-27(17-31)37-3)18-38-26(35)8-6-7-24(33)29-13-14-40-23-15-25(34)30(28(23)36)16-19-9-11-20(12-10-19)22(32)5-2;1-3-9(7-13)19-12(17-2)8-18-11(16)6-4-5-10(14)15;1-3-6(4-8)11-7(5-9)10-2/h6,8-11,16,21,25,30,43H,3-5,7,12-15,17-20,22-23H2,1-2H3,(H,37,44)(H,39,46);19-21,23,27,31H,4-18H2,1-3H3,(H,29,33);9,12-13H,3-8H2,1-2H3,(H,14,15);6-9H,3-5H2,1-2H3. The van der Waals surface area contributed by atoms with Gasteiger partial charge in [0, 0.05) is 143 Å². The molecule has 9 unspecified atom stereocenters. The Balaban J connectivity index is 0.000000391. The summed E-state index contributed by atoms with van der Waals surface area (Å²) in [6.07, 6.45) is 6.04. The van der Waals surface area contributed by atoms with E-state index in [2.05, 4.69) is 25.8 Å². The molecule has 3 aliphatic rings. The van der Waals surface area contributed by atoms with Crippen molar-refractivity contribution in [2.45, 2.75) is 224 Å². The number of likely N-dealkylation sites (tertiary alicyclic amines) is 1. The minimum Gasteiger partial charge on any atom is -0.481 e. The lowest BCUT2D eigenvalue weighted by Gasteiger charge is -2.30. The molecule has 0 bridgehead atoms. The van der Waals surface area contributed by atoms with Crippen molar-refractivity contribution >= 4 is 99.2 Å². The molecule has 1 saturated carbocycles. The predicted octanol–water partition coefficient (Wildman–Crippen LogP) is 6.24. The fourth-order valence-corrected chi connectivity index (χ4v) is 13.4. The van der Waals surface area contributed by atoms with Gasteiger partial charge >= 0.3 is 30.0 Å². The molecule has 4 aromatic rings. The van der Waals surface area contributed by atoms with E-state index in [9.17, 15) is 53.1 Å². The molecule has 9 N–H and O–H groups in total. The molecule has 5 heterocycles. The largest absolute Gasteiger partial charge is 0.481 e. The van der Waals surface area contributed by atoms with Gasteiger partial charge in [0.05, 0.1) is 81.3 Å². The summed E-state index contributed by atoms with van der Waals surface area (Å²) in [5.74, 6) is -0.367. The molecule has 1 aliphatic carbocycles. The van der Waals surface area contributed by atoms with Crippen molar-refractivity contribution in [1.29, 1.82) is 0 Å². The number of carboxylic acids is 1. The van der Waals surface area contributed by atoms with Gasteiger partial charge < -0.3 is 117 Å². The summed E-state index contributed by atoms with van der Waals surface area (Å²) in [6.45, 7) is 12.4. The number of hydrogen-bond donors (Lipinski definition) is 9. The Hall–Kier alpha value is -8.26. The van der Waals surface area contributed by atoms with Crippen LogP contribution in [0.4, 0.5) is 10.6 Å². The van der Waals surface area contributed by atoms with Crippen LogP contribution in [0.5, 0.6) is 5.75 Å². The Labute approximate surface area is 716 Å². The topological polar surface area (TPSA) is 506 Å². The number of aliphatic hydroxyl groups is 5. The lowest BCUT2D eigenvalue weighted by atomic mass is 9.79. The smallest absolute Gasteiger partial charge is 0.412 e. The maximum absolute atomic E-state index is 12.8. The number of Topliss-reactive ketones (excluding diaryl/α,β-unsaturated/α-hetero) is 1. The molecule has 38 nitrogen and oxygen atoms in total. The molecule has 7 rings (SSSR count). The number of esters is 3. The van der Waals surface area contributed by atoms with Gasteiger partial charge in [-0.25, -0.2) is 19.7 Å². The number of hydrogen-bond acceptors (Lipinski definition) is 34. The van der Waals surface area contributed by atoms with Crippen molar-refractivity contribution in [3.8, 4) is 17.1 Å². The van der Waals surface area contributed by atoms with Crippen LogP contribution in [0.25, 0.3) is 33.6 Å². The summed E-state index contributed by atoms with van der Waals surface area (Å²) < 4.78 is 73.7. The third kappa shape index (κ3) is 40.6. The minimum absolute atomic E-state index is 0.0412. The number of amides is 5. The Bertz CT molecular complexity index is 3690. The SMILES string of the molecule is CCC(=O)C1CCC(CN2C(=O)CC(SCCNC(=O)CCCC(=O)OCC(CC)OC(CO)OC)C2=O)CC1.CCC(CO)OC(CO)OC.CCC(CO)OC(COC(=O)CCCC(=O)NCCCCNC(=O)Oc1cccc(-c2nc(N3CCOCC3)c3oc4ncccc4c3n2)c1)OC.CCC(CO)OC(COC(=O)CCCC(=O)O)OC. The van der Waals surface area contributed by atoms with E-state index in [-0.39, 0.29) is 152 Å². The molecule has 5 amide bonds. The first kappa shape index (κ1) is 106. The number of ether oxygens (including phenoxy) is 13. The zero-order valence-corrected chi connectivity index (χ0v) is 72.7. The number of imide groups is 1. The van der Waals surface area contributed by atoms with Crippen LogP contribution in [0.1, 0.15) is 169 Å². The molecule has 1 aromatic carbocycles. The Morgan fingerprint density at radius 1 is 0.582 bits per heavy atom. The van der Waals surface area contributed by atoms with E-state index in [0.717, 1.165) is 31.1 Å². The number of thioether (sulfide) groups is 1. The third-order valence-electron chi connectivity index (χ3n) is 19.6. The van der Waals surface area contributed by atoms with Crippen LogP contribution < -0.4 is 25.6 Å². The summed E-state index contributed by atoms with van der Waals surface area (Å²) in [6, 6.07) is 10.8. The third-order valence-corrected chi connectivity index (χ3v) is 20.8. The van der Waals surface area contributed by atoms with Gasteiger partial charge in [-0.2, -0.15) is 0 Å². The molecule has 39 heteroatoms. The van der Waals surface area contributed by atoms with Crippen molar-refractivity contribution < 1.29 is 145 Å². The van der Waals surface area contributed by atoms with Crippen LogP contribution in [0, 0.1) is 11.8 Å². The number of pyridine rings is 1. The zero-order chi connectivity index (χ0) is 89.6. The molecular weight excluding hydrogens is 1620 g/mol. The molecule has 3 aromatic heterocycles. The highest BCUT2D eigenvalue weighted by Crippen LogP contribution is 2.36. The summed E-state index contributed by atoms with van der Waals surface area (Å²) in [5.41, 5.74) is 2.36. The van der Waals surface area contributed by atoms with Crippen LogP contribution in [-0.2, 0) is 100.0 Å². The number of ketones is 1. The summed E-state index contributed by atoms with van der Waals surface area (Å²) in [5, 5.41) is 61.8. The number of anilines is 1. The van der Waals surface area contributed by atoms with E-state index < -0.39 is 72.6 Å².